The summed E-state index contributed by atoms with van der Waals surface area (Å²) in [5, 5.41) is 0. The van der Waals surface area contributed by atoms with Gasteiger partial charge in [-0.1, -0.05) is 12.8 Å². The van der Waals surface area contributed by atoms with E-state index in [9.17, 15) is 13.2 Å². The summed E-state index contributed by atoms with van der Waals surface area (Å²) in [4.78, 5) is 0. The van der Waals surface area contributed by atoms with E-state index < -0.39 is 12.8 Å². The van der Waals surface area contributed by atoms with Gasteiger partial charge in [-0.25, -0.2) is 0 Å². The van der Waals surface area contributed by atoms with E-state index in [1.807, 2.05) is 0 Å². The van der Waals surface area contributed by atoms with Gasteiger partial charge in [0.25, 0.3) is 0 Å². The van der Waals surface area contributed by atoms with E-state index in [-0.39, 0.29) is 12.6 Å². The molecule has 0 saturated heterocycles. The molecule has 1 atom stereocenters. The van der Waals surface area contributed by atoms with Crippen LogP contribution in [0.2, 0.25) is 0 Å². The number of halogens is 3. The summed E-state index contributed by atoms with van der Waals surface area (Å²) in [6, 6.07) is -0.0150. The van der Waals surface area contributed by atoms with Crippen molar-refractivity contribution in [2.24, 2.45) is 11.7 Å². The van der Waals surface area contributed by atoms with Crippen LogP contribution in [0.25, 0.3) is 0 Å². The van der Waals surface area contributed by atoms with Gasteiger partial charge in [-0.15, -0.1) is 0 Å². The molecule has 1 fully saturated rings. The van der Waals surface area contributed by atoms with E-state index in [0.717, 1.165) is 18.8 Å². The van der Waals surface area contributed by atoms with Crippen LogP contribution in [0, 0.1) is 5.92 Å². The summed E-state index contributed by atoms with van der Waals surface area (Å²) in [6.07, 6.45) is 0.885. The molecule has 1 saturated carbocycles. The second kappa shape index (κ2) is 5.70. The minimum Gasteiger partial charge on any atom is -0.372 e. The summed E-state index contributed by atoms with van der Waals surface area (Å²) >= 11 is 0. The summed E-state index contributed by atoms with van der Waals surface area (Å²) < 4.78 is 39.5. The lowest BCUT2D eigenvalue weighted by atomic mass is 10.1. The molecule has 1 aliphatic carbocycles. The van der Waals surface area contributed by atoms with E-state index in [4.69, 9.17) is 5.73 Å². The van der Waals surface area contributed by atoms with E-state index >= 15 is 0 Å². The number of nitrogens with two attached hydrogens (primary N) is 1. The Balaban J connectivity index is 1.89. The minimum absolute atomic E-state index is 0.0150. The number of rotatable bonds is 7. The highest BCUT2D eigenvalue weighted by molar-refractivity contribution is 4.75. The fourth-order valence-electron chi connectivity index (χ4n) is 1.42. The molecule has 1 unspecified atom stereocenters. The molecule has 0 aromatic carbocycles. The number of hydrogen-bond acceptors (Lipinski definition) is 2. The molecule has 15 heavy (non-hydrogen) atoms. The summed E-state index contributed by atoms with van der Waals surface area (Å²) in [7, 11) is 0. The third-order valence-electron chi connectivity index (χ3n) is 2.54. The molecule has 1 aliphatic rings. The number of alkyl halides is 3. The third kappa shape index (κ3) is 7.62. The Bertz CT molecular complexity index is 180. The molecule has 2 nitrogen and oxygen atoms in total. The van der Waals surface area contributed by atoms with Crippen molar-refractivity contribution in [2.75, 3.05) is 13.2 Å². The van der Waals surface area contributed by atoms with E-state index in [2.05, 4.69) is 4.74 Å². The maximum absolute atomic E-state index is 11.7. The van der Waals surface area contributed by atoms with Crippen molar-refractivity contribution in [3.8, 4) is 0 Å². The van der Waals surface area contributed by atoms with Gasteiger partial charge in [0.15, 0.2) is 0 Å². The van der Waals surface area contributed by atoms with Crippen molar-refractivity contribution in [1.29, 1.82) is 0 Å². The Hall–Kier alpha value is -0.290. The van der Waals surface area contributed by atoms with E-state index in [0.29, 0.717) is 6.42 Å². The maximum Gasteiger partial charge on any atom is 0.411 e. The van der Waals surface area contributed by atoms with Crippen LogP contribution in [0.3, 0.4) is 0 Å². The summed E-state index contributed by atoms with van der Waals surface area (Å²) in [6.45, 7) is -1.06. The zero-order chi connectivity index (χ0) is 11.3. The predicted molar refractivity (Wildman–Crippen MR) is 51.4 cm³/mol. The Kier molecular flexibility index (Phi) is 4.86. The zero-order valence-corrected chi connectivity index (χ0v) is 8.72. The van der Waals surface area contributed by atoms with Gasteiger partial charge in [0.1, 0.15) is 6.61 Å². The standard InChI is InChI=1S/C10H18F3NO/c11-10(12,13)7-15-6-5-9(14)4-3-8-1-2-8/h8-9H,1-7,14H2. The molecule has 2 N–H and O–H groups in total. The van der Waals surface area contributed by atoms with Crippen LogP contribution in [-0.4, -0.2) is 25.4 Å². The van der Waals surface area contributed by atoms with Crippen molar-refractivity contribution >= 4 is 0 Å². The molecule has 1 rings (SSSR count). The van der Waals surface area contributed by atoms with Gasteiger partial charge in [0.05, 0.1) is 0 Å². The van der Waals surface area contributed by atoms with Gasteiger partial charge >= 0.3 is 6.18 Å². The minimum atomic E-state index is -4.22. The normalized spacial score (nSPS) is 19.2. The molecule has 0 amide bonds. The first-order valence-corrected chi connectivity index (χ1v) is 5.37. The van der Waals surface area contributed by atoms with Gasteiger partial charge < -0.3 is 10.5 Å². The SMILES string of the molecule is NC(CCOCC(F)(F)F)CCC1CC1. The fourth-order valence-corrected chi connectivity index (χ4v) is 1.42. The quantitative estimate of drug-likeness (QED) is 0.675. The summed E-state index contributed by atoms with van der Waals surface area (Å²) in [5.41, 5.74) is 5.74. The first kappa shape index (κ1) is 12.8. The Labute approximate surface area is 88.0 Å². The van der Waals surface area contributed by atoms with Crippen molar-refractivity contribution < 1.29 is 17.9 Å². The lowest BCUT2D eigenvalue weighted by Gasteiger charge is -2.12. The lowest BCUT2D eigenvalue weighted by Crippen LogP contribution is -2.24. The van der Waals surface area contributed by atoms with Gasteiger partial charge in [0, 0.05) is 12.6 Å². The largest absolute Gasteiger partial charge is 0.411 e. The monoisotopic (exact) mass is 225 g/mol. The lowest BCUT2D eigenvalue weighted by molar-refractivity contribution is -0.174. The number of ether oxygens (including phenoxy) is 1. The highest BCUT2D eigenvalue weighted by atomic mass is 19.4. The van der Waals surface area contributed by atoms with Gasteiger partial charge in [-0.2, -0.15) is 13.2 Å². The van der Waals surface area contributed by atoms with Crippen LogP contribution in [-0.2, 0) is 4.74 Å². The molecule has 0 heterocycles. The first-order chi connectivity index (χ1) is 6.97. The van der Waals surface area contributed by atoms with E-state index in [1.165, 1.54) is 12.8 Å². The highest BCUT2D eigenvalue weighted by Crippen LogP contribution is 2.33. The van der Waals surface area contributed by atoms with Crippen molar-refractivity contribution in [3.05, 3.63) is 0 Å². The molecule has 0 radical (unpaired) electrons. The molecular weight excluding hydrogens is 207 g/mol. The molecule has 0 bridgehead atoms. The average molecular weight is 225 g/mol. The van der Waals surface area contributed by atoms with Crippen LogP contribution in [0.1, 0.15) is 32.1 Å². The van der Waals surface area contributed by atoms with Crippen LogP contribution >= 0.6 is 0 Å². The third-order valence-corrected chi connectivity index (χ3v) is 2.54. The Morgan fingerprint density at radius 3 is 2.47 bits per heavy atom. The van der Waals surface area contributed by atoms with Gasteiger partial charge in [-0.05, 0) is 25.2 Å². The molecule has 0 spiro atoms. The van der Waals surface area contributed by atoms with Crippen molar-refractivity contribution in [2.45, 2.75) is 44.3 Å². The predicted octanol–water partition coefficient (Wildman–Crippen LogP) is 2.47. The van der Waals surface area contributed by atoms with Crippen LogP contribution < -0.4 is 5.73 Å². The van der Waals surface area contributed by atoms with Gasteiger partial charge in [-0.3, -0.25) is 0 Å². The molecule has 90 valence electrons. The van der Waals surface area contributed by atoms with Crippen LogP contribution in [0.15, 0.2) is 0 Å². The molecule has 0 aromatic heterocycles. The highest BCUT2D eigenvalue weighted by Gasteiger charge is 2.27. The molecule has 5 heteroatoms. The maximum atomic E-state index is 11.7. The summed E-state index contributed by atoms with van der Waals surface area (Å²) in [5.74, 6) is 0.826. The smallest absolute Gasteiger partial charge is 0.372 e. The van der Waals surface area contributed by atoms with Gasteiger partial charge in [0.2, 0.25) is 0 Å². The topological polar surface area (TPSA) is 35.2 Å². The molecule has 0 aromatic rings. The molecule has 0 aliphatic heterocycles. The first-order valence-electron chi connectivity index (χ1n) is 5.37. The second-order valence-electron chi connectivity index (χ2n) is 4.24. The average Bonchev–Trinajstić information content (AvgIpc) is 2.91. The van der Waals surface area contributed by atoms with E-state index in [1.54, 1.807) is 0 Å². The van der Waals surface area contributed by atoms with Crippen molar-refractivity contribution in [1.82, 2.24) is 0 Å². The Morgan fingerprint density at radius 2 is 1.93 bits per heavy atom. The Morgan fingerprint density at radius 1 is 1.27 bits per heavy atom. The van der Waals surface area contributed by atoms with Crippen molar-refractivity contribution in [3.63, 3.8) is 0 Å². The zero-order valence-electron chi connectivity index (χ0n) is 8.72. The molecular formula is C10H18F3NO. The second-order valence-corrected chi connectivity index (χ2v) is 4.24. The number of hydrogen-bond donors (Lipinski definition) is 1. The van der Waals surface area contributed by atoms with Crippen LogP contribution in [0.4, 0.5) is 13.2 Å². The van der Waals surface area contributed by atoms with Crippen LogP contribution in [0.5, 0.6) is 0 Å². The fraction of sp³-hybridized carbons (Fsp3) is 1.00.